The summed E-state index contributed by atoms with van der Waals surface area (Å²) in [6.07, 6.45) is 3.54. The molecular weight excluding hydrogens is 482 g/mol. The Morgan fingerprint density at radius 1 is 1.24 bits per heavy atom. The Kier molecular flexibility index (Phi) is 6.10. The molecule has 9 nitrogen and oxygen atoms in total. The van der Waals surface area contributed by atoms with Gasteiger partial charge >= 0.3 is 6.09 Å². The van der Waals surface area contributed by atoms with E-state index in [1.165, 1.54) is 7.11 Å². The molecule has 0 saturated carbocycles. The van der Waals surface area contributed by atoms with Gasteiger partial charge in [-0.25, -0.2) is 13.6 Å². The smallest absolute Gasteiger partial charge is 0.409 e. The van der Waals surface area contributed by atoms with E-state index in [1.54, 1.807) is 35.1 Å². The van der Waals surface area contributed by atoms with Crippen molar-refractivity contribution in [2.24, 2.45) is 7.05 Å². The van der Waals surface area contributed by atoms with Crippen molar-refractivity contribution < 1.29 is 23.0 Å². The van der Waals surface area contributed by atoms with E-state index in [2.05, 4.69) is 14.7 Å². The van der Waals surface area contributed by atoms with Crippen LogP contribution in [-0.2, 0) is 35.9 Å². The van der Waals surface area contributed by atoms with Crippen LogP contribution < -0.4 is 4.90 Å². The second kappa shape index (κ2) is 9.44. The largest absolute Gasteiger partial charge is 0.453 e. The summed E-state index contributed by atoms with van der Waals surface area (Å²) in [5.41, 5.74) is 4.95. The molecule has 6 rings (SSSR count). The number of methoxy groups -OCH3 is 1. The Morgan fingerprint density at radius 3 is 2.81 bits per heavy atom. The van der Waals surface area contributed by atoms with E-state index in [9.17, 15) is 13.6 Å². The van der Waals surface area contributed by atoms with E-state index in [-0.39, 0.29) is 17.7 Å². The van der Waals surface area contributed by atoms with E-state index in [0.717, 1.165) is 47.6 Å². The second-order valence-corrected chi connectivity index (χ2v) is 9.88. The molecule has 0 aliphatic carbocycles. The van der Waals surface area contributed by atoms with E-state index >= 15 is 0 Å². The first kappa shape index (κ1) is 23.9. The highest BCUT2D eigenvalue weighted by Gasteiger charge is 2.35. The highest BCUT2D eigenvalue weighted by Crippen LogP contribution is 2.43. The molecule has 3 aliphatic heterocycles. The van der Waals surface area contributed by atoms with Crippen molar-refractivity contribution in [3.05, 3.63) is 46.9 Å². The van der Waals surface area contributed by atoms with Gasteiger partial charge in [-0.1, -0.05) is 0 Å². The van der Waals surface area contributed by atoms with E-state index in [4.69, 9.17) is 14.6 Å². The third-order valence-electron chi connectivity index (χ3n) is 7.63. The van der Waals surface area contributed by atoms with Crippen molar-refractivity contribution in [3.63, 3.8) is 0 Å². The van der Waals surface area contributed by atoms with Gasteiger partial charge in [0.2, 0.25) is 0 Å². The molecule has 196 valence electrons. The number of halogens is 2. The number of anilines is 2. The number of hydrogen-bond donors (Lipinski definition) is 0. The minimum atomic E-state index is -2.64. The Bertz CT molecular complexity index is 1330. The number of fused-ring (bicyclic) bond motifs is 2. The molecule has 2 aromatic heterocycles. The highest BCUT2D eigenvalue weighted by molar-refractivity contribution is 5.77. The number of benzene rings is 1. The van der Waals surface area contributed by atoms with Crippen LogP contribution in [0.4, 0.5) is 25.1 Å². The molecule has 0 unspecified atom stereocenters. The molecule has 11 heteroatoms. The molecule has 3 aliphatic rings. The molecule has 1 amide bonds. The molecule has 0 radical (unpaired) electrons. The fraction of sp³-hybridized carbons (Fsp3) is 0.500. The maximum absolute atomic E-state index is 14.3. The van der Waals surface area contributed by atoms with Gasteiger partial charge in [-0.3, -0.25) is 9.36 Å². The number of hydrogen-bond acceptors (Lipinski definition) is 6. The van der Waals surface area contributed by atoms with Crippen molar-refractivity contribution >= 4 is 17.6 Å². The van der Waals surface area contributed by atoms with Crippen LogP contribution >= 0.6 is 0 Å². The fourth-order valence-electron chi connectivity index (χ4n) is 5.81. The molecule has 5 heterocycles. The zero-order chi connectivity index (χ0) is 25.7. The Balaban J connectivity index is 1.47. The average Bonchev–Trinajstić information content (AvgIpc) is 3.66. The summed E-state index contributed by atoms with van der Waals surface area (Å²) < 4.78 is 43.0. The first-order valence-corrected chi connectivity index (χ1v) is 12.7. The molecular formula is C26H30F2N6O3. The SMILES string of the molecule is COC(=O)N1CCc2c(c(N3CCCc4cc(-c5cnn(C)c5)c(C(F)F)cc43)nn2[C@H]2CCOC2)C1. The van der Waals surface area contributed by atoms with Crippen LogP contribution in [-0.4, -0.2) is 64.0 Å². The van der Waals surface area contributed by atoms with Crippen LogP contribution in [0.5, 0.6) is 0 Å². The van der Waals surface area contributed by atoms with Gasteiger partial charge in [0.05, 0.1) is 32.5 Å². The molecule has 0 spiro atoms. The van der Waals surface area contributed by atoms with Gasteiger partial charge in [0.1, 0.15) is 0 Å². The topological polar surface area (TPSA) is 77.7 Å². The monoisotopic (exact) mass is 512 g/mol. The van der Waals surface area contributed by atoms with Crippen LogP contribution in [0.1, 0.15) is 47.7 Å². The zero-order valence-electron chi connectivity index (χ0n) is 21.0. The number of aryl methyl sites for hydroxylation is 2. The van der Waals surface area contributed by atoms with Gasteiger partial charge in [0.25, 0.3) is 6.43 Å². The summed E-state index contributed by atoms with van der Waals surface area (Å²) >= 11 is 0. The van der Waals surface area contributed by atoms with Crippen LogP contribution in [0, 0.1) is 0 Å². The van der Waals surface area contributed by atoms with Gasteiger partial charge in [0, 0.05) is 67.4 Å². The van der Waals surface area contributed by atoms with Gasteiger partial charge in [-0.05, 0) is 42.5 Å². The predicted octanol–water partition coefficient (Wildman–Crippen LogP) is 4.39. The van der Waals surface area contributed by atoms with Crippen molar-refractivity contribution in [1.82, 2.24) is 24.5 Å². The van der Waals surface area contributed by atoms with Crippen molar-refractivity contribution in [3.8, 4) is 11.1 Å². The van der Waals surface area contributed by atoms with Crippen molar-refractivity contribution in [2.75, 3.05) is 38.3 Å². The van der Waals surface area contributed by atoms with Crippen molar-refractivity contribution in [1.29, 1.82) is 0 Å². The molecule has 0 N–H and O–H groups in total. The molecule has 1 atom stereocenters. The number of carbonyl (C=O) groups excluding carboxylic acids is 1. The lowest BCUT2D eigenvalue weighted by atomic mass is 9.92. The molecule has 1 fully saturated rings. The first-order chi connectivity index (χ1) is 17.9. The lowest BCUT2D eigenvalue weighted by Crippen LogP contribution is -2.37. The number of amides is 1. The Labute approximate surface area is 213 Å². The average molecular weight is 513 g/mol. The van der Waals surface area contributed by atoms with Crippen LogP contribution in [0.3, 0.4) is 0 Å². The van der Waals surface area contributed by atoms with Crippen LogP contribution in [0.15, 0.2) is 24.5 Å². The molecule has 3 aromatic rings. The lowest BCUT2D eigenvalue weighted by Gasteiger charge is -2.33. The van der Waals surface area contributed by atoms with E-state index in [1.807, 2.05) is 6.07 Å². The summed E-state index contributed by atoms with van der Waals surface area (Å²) in [5, 5.41) is 9.24. The minimum absolute atomic E-state index is 0.0210. The van der Waals surface area contributed by atoms with Crippen molar-refractivity contribution in [2.45, 2.75) is 44.7 Å². The maximum Gasteiger partial charge on any atom is 0.409 e. The third kappa shape index (κ3) is 4.14. The zero-order valence-corrected chi connectivity index (χ0v) is 21.0. The number of carbonyl (C=O) groups is 1. The summed E-state index contributed by atoms with van der Waals surface area (Å²) in [5.74, 6) is 0.728. The Morgan fingerprint density at radius 2 is 2.11 bits per heavy atom. The Hall–Kier alpha value is -3.47. The standard InChI is InChI=1S/C26H30F2N6O3/c1-31-13-17(12-29-31)19-10-16-4-3-7-33(23(16)11-20(19)24(27)28)25-21-14-32(26(35)36-2)8-5-22(21)34(30-25)18-6-9-37-15-18/h10-13,18,24H,3-9,14-15H2,1-2H3/t18-/m0/s1. The summed E-state index contributed by atoms with van der Waals surface area (Å²) in [6.45, 7) is 2.84. The molecule has 0 bridgehead atoms. The van der Waals surface area contributed by atoms with Gasteiger partial charge in [0.15, 0.2) is 5.82 Å². The quantitative estimate of drug-likeness (QED) is 0.516. The summed E-state index contributed by atoms with van der Waals surface area (Å²) in [7, 11) is 3.16. The summed E-state index contributed by atoms with van der Waals surface area (Å²) in [4.78, 5) is 16.1. The predicted molar refractivity (Wildman–Crippen MR) is 132 cm³/mol. The number of rotatable bonds is 4. The maximum atomic E-state index is 14.3. The van der Waals surface area contributed by atoms with E-state index < -0.39 is 6.43 Å². The molecule has 37 heavy (non-hydrogen) atoms. The lowest BCUT2D eigenvalue weighted by molar-refractivity contribution is 0.118. The third-order valence-corrected chi connectivity index (χ3v) is 7.63. The number of aromatic nitrogens is 4. The molecule has 1 aromatic carbocycles. The van der Waals surface area contributed by atoms with Gasteiger partial charge in [-0.2, -0.15) is 10.2 Å². The van der Waals surface area contributed by atoms with Gasteiger partial charge < -0.3 is 19.3 Å². The number of nitrogens with zero attached hydrogens (tertiary/aromatic N) is 6. The fourth-order valence-corrected chi connectivity index (χ4v) is 5.81. The number of alkyl halides is 2. The van der Waals surface area contributed by atoms with Crippen LogP contribution in [0.25, 0.3) is 11.1 Å². The highest BCUT2D eigenvalue weighted by atomic mass is 19.3. The number of ether oxygens (including phenoxy) is 2. The second-order valence-electron chi connectivity index (χ2n) is 9.88. The van der Waals surface area contributed by atoms with Crippen LogP contribution in [0.2, 0.25) is 0 Å². The first-order valence-electron chi connectivity index (χ1n) is 12.7. The van der Waals surface area contributed by atoms with E-state index in [0.29, 0.717) is 50.4 Å². The molecule has 1 saturated heterocycles. The minimum Gasteiger partial charge on any atom is -0.453 e. The van der Waals surface area contributed by atoms with Gasteiger partial charge in [-0.15, -0.1) is 0 Å². The summed E-state index contributed by atoms with van der Waals surface area (Å²) in [6, 6.07) is 3.63. The normalized spacial score (nSPS) is 19.3.